The Balaban J connectivity index is 0.000000517. The number of hydrogen-bond acceptors (Lipinski definition) is 7. The summed E-state index contributed by atoms with van der Waals surface area (Å²) >= 11 is 0. The standard InChI is InChI=1S/C27H31N3O5.C2HF3O2/c1-4-30-24(31)21-22(25(30)32)27(28-23(21)18-8-12-20(35-3)13-9-18)14-5-15-29(26(27)33)16-17-6-10-19(34-2)11-7-17;3-2(4,5)1(6)7/h6-13,21-23,28H,4-5,14-16H2,1-3H3;(H,6,7)/t21-,22-,23-,27-;/m1./s1. The topological polar surface area (TPSA) is 125 Å². The average Bonchev–Trinajstić information content (AvgIpc) is 3.44. The third-order valence-corrected chi connectivity index (χ3v) is 7.98. The van der Waals surface area contributed by atoms with Crippen LogP contribution < -0.4 is 14.8 Å². The minimum atomic E-state index is -5.08. The number of fused-ring (bicyclic) bond motifs is 2. The van der Waals surface area contributed by atoms with Crippen molar-refractivity contribution in [2.24, 2.45) is 11.8 Å². The first-order valence-electron chi connectivity index (χ1n) is 13.4. The Bertz CT molecular complexity index is 1330. The van der Waals surface area contributed by atoms with Crippen molar-refractivity contribution in [3.05, 3.63) is 59.7 Å². The molecule has 3 fully saturated rings. The number of amides is 3. The third-order valence-electron chi connectivity index (χ3n) is 7.98. The minimum Gasteiger partial charge on any atom is -0.497 e. The molecule has 0 aromatic heterocycles. The van der Waals surface area contributed by atoms with E-state index < -0.39 is 35.6 Å². The van der Waals surface area contributed by atoms with Gasteiger partial charge in [0, 0.05) is 25.7 Å². The number of rotatable bonds is 6. The Morgan fingerprint density at radius 1 is 1.00 bits per heavy atom. The van der Waals surface area contributed by atoms with E-state index >= 15 is 0 Å². The second-order valence-electron chi connectivity index (χ2n) is 10.3. The molecule has 2 N–H and O–H groups in total. The molecule has 0 unspecified atom stereocenters. The van der Waals surface area contributed by atoms with Gasteiger partial charge in [-0.2, -0.15) is 13.2 Å². The van der Waals surface area contributed by atoms with E-state index in [0.29, 0.717) is 31.8 Å². The van der Waals surface area contributed by atoms with Gasteiger partial charge in [0.1, 0.15) is 17.0 Å². The molecule has 10 nitrogen and oxygen atoms in total. The van der Waals surface area contributed by atoms with Crippen molar-refractivity contribution in [3.63, 3.8) is 0 Å². The number of nitrogens with zero attached hydrogens (tertiary/aromatic N) is 2. The first-order valence-corrected chi connectivity index (χ1v) is 13.4. The summed E-state index contributed by atoms with van der Waals surface area (Å²) in [5, 5.41) is 10.7. The number of hydrogen-bond donors (Lipinski definition) is 2. The van der Waals surface area contributed by atoms with E-state index in [9.17, 15) is 27.6 Å². The van der Waals surface area contributed by atoms with Crippen molar-refractivity contribution >= 4 is 23.7 Å². The quantitative estimate of drug-likeness (QED) is 0.491. The molecule has 0 bridgehead atoms. The molecule has 226 valence electrons. The predicted octanol–water partition coefficient (Wildman–Crippen LogP) is 3.16. The number of aliphatic carboxylic acids is 1. The fourth-order valence-corrected chi connectivity index (χ4v) is 6.04. The number of carbonyl (C=O) groups excluding carboxylic acids is 3. The molecular weight excluding hydrogens is 559 g/mol. The van der Waals surface area contributed by atoms with Gasteiger partial charge in [-0.15, -0.1) is 0 Å². The van der Waals surface area contributed by atoms with E-state index in [1.807, 2.05) is 53.4 Å². The minimum absolute atomic E-state index is 0.107. The third kappa shape index (κ3) is 5.65. The second kappa shape index (κ2) is 12.0. The molecule has 3 aliphatic rings. The molecule has 0 saturated carbocycles. The molecule has 2 aromatic carbocycles. The van der Waals surface area contributed by atoms with Gasteiger partial charge < -0.3 is 19.5 Å². The summed E-state index contributed by atoms with van der Waals surface area (Å²) in [4.78, 5) is 53.0. The van der Waals surface area contributed by atoms with E-state index in [1.165, 1.54) is 4.90 Å². The van der Waals surface area contributed by atoms with Crippen LogP contribution in [0.1, 0.15) is 36.9 Å². The van der Waals surface area contributed by atoms with Gasteiger partial charge in [0.05, 0.1) is 26.1 Å². The Hall–Kier alpha value is -4.13. The smallest absolute Gasteiger partial charge is 0.490 e. The number of carboxylic acids is 1. The largest absolute Gasteiger partial charge is 0.497 e. The van der Waals surface area contributed by atoms with Gasteiger partial charge in [-0.05, 0) is 55.2 Å². The zero-order valence-electron chi connectivity index (χ0n) is 23.3. The molecule has 2 aromatic rings. The number of alkyl halides is 3. The van der Waals surface area contributed by atoms with E-state index in [4.69, 9.17) is 19.4 Å². The van der Waals surface area contributed by atoms with Crippen LogP contribution in [0.2, 0.25) is 0 Å². The number of carboxylic acid groups (broad SMARTS) is 1. The Kier molecular flexibility index (Phi) is 8.81. The molecule has 4 atom stereocenters. The van der Waals surface area contributed by atoms with Crippen molar-refractivity contribution in [2.45, 2.75) is 44.1 Å². The average molecular weight is 592 g/mol. The van der Waals surface area contributed by atoms with Crippen LogP contribution in [0.15, 0.2) is 48.5 Å². The Labute approximate surface area is 240 Å². The fourth-order valence-electron chi connectivity index (χ4n) is 6.04. The highest BCUT2D eigenvalue weighted by Gasteiger charge is 2.68. The summed E-state index contributed by atoms with van der Waals surface area (Å²) in [5.41, 5.74) is 0.759. The molecule has 0 aliphatic carbocycles. The second-order valence-corrected chi connectivity index (χ2v) is 10.3. The maximum absolute atomic E-state index is 14.1. The normalized spacial score (nSPS) is 25.3. The summed E-state index contributed by atoms with van der Waals surface area (Å²) in [6, 6.07) is 14.7. The van der Waals surface area contributed by atoms with E-state index in [2.05, 4.69) is 5.32 Å². The molecule has 13 heteroatoms. The SMILES string of the molecule is CCN1C(=O)[C@H]2[C@@H](c3ccc(OC)cc3)N[C@]3(CCCN(Cc4ccc(OC)cc4)C3=O)[C@H]2C1=O.O=C(O)C(F)(F)F. The van der Waals surface area contributed by atoms with Crippen molar-refractivity contribution < 1.29 is 46.9 Å². The number of imide groups is 1. The molecule has 3 saturated heterocycles. The fraction of sp³-hybridized carbons (Fsp3) is 0.448. The highest BCUT2D eigenvalue weighted by molar-refractivity contribution is 6.10. The van der Waals surface area contributed by atoms with Gasteiger partial charge >= 0.3 is 12.1 Å². The number of halogens is 3. The number of nitrogens with one attached hydrogen (secondary N) is 1. The summed E-state index contributed by atoms with van der Waals surface area (Å²) in [7, 11) is 3.22. The van der Waals surface area contributed by atoms with E-state index in [1.54, 1.807) is 21.1 Å². The van der Waals surface area contributed by atoms with Gasteiger partial charge in [-0.25, -0.2) is 4.79 Å². The van der Waals surface area contributed by atoms with Crippen LogP contribution >= 0.6 is 0 Å². The van der Waals surface area contributed by atoms with Crippen LogP contribution in [0.25, 0.3) is 0 Å². The highest BCUT2D eigenvalue weighted by atomic mass is 19.4. The monoisotopic (exact) mass is 591 g/mol. The van der Waals surface area contributed by atoms with Crippen LogP contribution in [0.3, 0.4) is 0 Å². The van der Waals surface area contributed by atoms with Gasteiger partial charge in [0.2, 0.25) is 17.7 Å². The Morgan fingerprint density at radius 2 is 1.55 bits per heavy atom. The number of benzene rings is 2. The van der Waals surface area contributed by atoms with Crippen molar-refractivity contribution in [2.75, 3.05) is 27.3 Å². The summed E-state index contributed by atoms with van der Waals surface area (Å²) in [6.07, 6.45) is -3.81. The van der Waals surface area contributed by atoms with Gasteiger partial charge in [0.15, 0.2) is 0 Å². The zero-order chi connectivity index (χ0) is 30.8. The maximum atomic E-state index is 14.1. The number of carbonyl (C=O) groups is 4. The van der Waals surface area contributed by atoms with Crippen molar-refractivity contribution in [3.8, 4) is 11.5 Å². The molecule has 5 rings (SSSR count). The van der Waals surface area contributed by atoms with Crippen molar-refractivity contribution in [1.82, 2.24) is 15.1 Å². The molecule has 1 spiro atoms. The molecule has 3 aliphatic heterocycles. The molecule has 42 heavy (non-hydrogen) atoms. The van der Waals surface area contributed by atoms with Crippen LogP contribution in [0.4, 0.5) is 13.2 Å². The summed E-state index contributed by atoms with van der Waals surface area (Å²) in [5.74, 6) is -3.17. The highest BCUT2D eigenvalue weighted by Crippen LogP contribution is 2.52. The summed E-state index contributed by atoms with van der Waals surface area (Å²) in [6.45, 7) is 3.16. The first kappa shape index (κ1) is 30.8. The lowest BCUT2D eigenvalue weighted by Gasteiger charge is -2.42. The van der Waals surface area contributed by atoms with Crippen molar-refractivity contribution in [1.29, 1.82) is 0 Å². The molecule has 3 amide bonds. The van der Waals surface area contributed by atoms with Crippen LogP contribution in [0.5, 0.6) is 11.5 Å². The lowest BCUT2D eigenvalue weighted by atomic mass is 9.74. The first-order chi connectivity index (χ1) is 19.9. The molecule has 0 radical (unpaired) electrons. The lowest BCUT2D eigenvalue weighted by Crippen LogP contribution is -2.63. The van der Waals surface area contributed by atoms with Crippen LogP contribution in [0, 0.1) is 11.8 Å². The zero-order valence-corrected chi connectivity index (χ0v) is 23.3. The Morgan fingerprint density at radius 3 is 2.05 bits per heavy atom. The predicted molar refractivity (Wildman–Crippen MR) is 142 cm³/mol. The van der Waals surface area contributed by atoms with Gasteiger partial charge in [-0.1, -0.05) is 24.3 Å². The molecular formula is C29H32F3N3O7. The van der Waals surface area contributed by atoms with E-state index in [0.717, 1.165) is 23.3 Å². The number of piperidine rings is 1. The lowest BCUT2D eigenvalue weighted by molar-refractivity contribution is -0.192. The van der Waals surface area contributed by atoms with Gasteiger partial charge in [-0.3, -0.25) is 24.6 Å². The molecule has 3 heterocycles. The van der Waals surface area contributed by atoms with Gasteiger partial charge in [0.25, 0.3) is 0 Å². The number of ether oxygens (including phenoxy) is 2. The number of likely N-dealkylation sites (tertiary alicyclic amines) is 2. The van der Waals surface area contributed by atoms with E-state index in [-0.39, 0.29) is 17.7 Å². The maximum Gasteiger partial charge on any atom is 0.490 e. The van der Waals surface area contributed by atoms with Crippen LogP contribution in [-0.2, 0) is 25.7 Å². The summed E-state index contributed by atoms with van der Waals surface area (Å²) < 4.78 is 42.3. The number of methoxy groups -OCH3 is 2. The van der Waals surface area contributed by atoms with Crippen LogP contribution in [-0.4, -0.2) is 77.6 Å².